The summed E-state index contributed by atoms with van der Waals surface area (Å²) in [6.45, 7) is 2.13. The Morgan fingerprint density at radius 3 is 2.60 bits per heavy atom. The average Bonchev–Trinajstić information content (AvgIpc) is 2.41. The molecule has 0 spiro atoms. The summed E-state index contributed by atoms with van der Waals surface area (Å²) in [4.78, 5) is 13.2. The Labute approximate surface area is 132 Å². The molecule has 1 N–H and O–H groups in total. The van der Waals surface area contributed by atoms with Crippen LogP contribution in [0.5, 0.6) is 0 Å². The second-order valence-corrected chi connectivity index (χ2v) is 6.57. The third kappa shape index (κ3) is 4.69. The molecule has 0 aliphatic rings. The Balaban J connectivity index is 1.94. The van der Waals surface area contributed by atoms with Gasteiger partial charge < -0.3 is 5.32 Å². The monoisotopic (exact) mass is 349 g/mol. The van der Waals surface area contributed by atoms with E-state index >= 15 is 0 Å². The van der Waals surface area contributed by atoms with E-state index in [0.717, 1.165) is 21.5 Å². The Hall–Kier alpha value is -1.26. The molecular formula is C16H16BrNOS. The summed E-state index contributed by atoms with van der Waals surface area (Å²) in [5.41, 5.74) is 1.83. The zero-order chi connectivity index (χ0) is 14.4. The molecule has 2 rings (SSSR count). The van der Waals surface area contributed by atoms with Crippen molar-refractivity contribution in [2.24, 2.45) is 0 Å². The molecule has 104 valence electrons. The number of carbonyl (C=O) groups excluding carboxylic acids is 1. The zero-order valence-electron chi connectivity index (χ0n) is 11.2. The molecular weight excluding hydrogens is 334 g/mol. The third-order valence-corrected chi connectivity index (χ3v) is 4.09. The molecule has 0 saturated carbocycles. The standard InChI is InChI=1S/C16H16BrNOS/c1-2-20-15-8-6-12(7-9-15)10-16(19)18-14-5-3-4-13(17)11-14/h3-9,11H,2,10H2,1H3,(H,18,19). The van der Waals surface area contributed by atoms with Gasteiger partial charge in [0, 0.05) is 15.1 Å². The maximum Gasteiger partial charge on any atom is 0.228 e. The maximum atomic E-state index is 12.0. The number of halogens is 1. The Morgan fingerprint density at radius 2 is 1.95 bits per heavy atom. The van der Waals surface area contributed by atoms with E-state index in [9.17, 15) is 4.79 Å². The van der Waals surface area contributed by atoms with E-state index in [1.165, 1.54) is 4.90 Å². The van der Waals surface area contributed by atoms with Crippen LogP contribution in [0.1, 0.15) is 12.5 Å². The third-order valence-electron chi connectivity index (χ3n) is 2.71. The average molecular weight is 350 g/mol. The van der Waals surface area contributed by atoms with E-state index < -0.39 is 0 Å². The van der Waals surface area contributed by atoms with Crippen LogP contribution in [0.3, 0.4) is 0 Å². The quantitative estimate of drug-likeness (QED) is 0.789. The van der Waals surface area contributed by atoms with Crippen molar-refractivity contribution in [1.29, 1.82) is 0 Å². The summed E-state index contributed by atoms with van der Waals surface area (Å²) < 4.78 is 0.955. The van der Waals surface area contributed by atoms with Gasteiger partial charge in [-0.15, -0.1) is 11.8 Å². The van der Waals surface area contributed by atoms with Crippen LogP contribution >= 0.6 is 27.7 Å². The summed E-state index contributed by atoms with van der Waals surface area (Å²) in [6.07, 6.45) is 0.392. The first-order chi connectivity index (χ1) is 9.67. The van der Waals surface area contributed by atoms with Crippen LogP contribution in [0.2, 0.25) is 0 Å². The Bertz CT molecular complexity index is 583. The van der Waals surface area contributed by atoms with Gasteiger partial charge in [0.15, 0.2) is 0 Å². The summed E-state index contributed by atoms with van der Waals surface area (Å²) in [7, 11) is 0. The summed E-state index contributed by atoms with van der Waals surface area (Å²) in [6, 6.07) is 15.8. The lowest BCUT2D eigenvalue weighted by molar-refractivity contribution is -0.115. The minimum atomic E-state index is -0.000931. The fraction of sp³-hybridized carbons (Fsp3) is 0.188. The van der Waals surface area contributed by atoms with Crippen LogP contribution in [0.4, 0.5) is 5.69 Å². The lowest BCUT2D eigenvalue weighted by Crippen LogP contribution is -2.14. The van der Waals surface area contributed by atoms with Gasteiger partial charge in [-0.25, -0.2) is 0 Å². The van der Waals surface area contributed by atoms with Gasteiger partial charge >= 0.3 is 0 Å². The summed E-state index contributed by atoms with van der Waals surface area (Å²) in [5.74, 6) is 1.06. The van der Waals surface area contributed by atoms with Gasteiger partial charge in [0.25, 0.3) is 0 Å². The van der Waals surface area contributed by atoms with Crippen LogP contribution < -0.4 is 5.32 Å². The SMILES string of the molecule is CCSc1ccc(CC(=O)Nc2cccc(Br)c2)cc1. The fourth-order valence-electron chi connectivity index (χ4n) is 1.83. The second kappa shape index (κ2) is 7.50. The molecule has 2 nitrogen and oxygen atoms in total. The molecule has 0 aromatic heterocycles. The first-order valence-electron chi connectivity index (χ1n) is 6.44. The summed E-state index contributed by atoms with van der Waals surface area (Å²) >= 11 is 5.19. The number of hydrogen-bond acceptors (Lipinski definition) is 2. The number of amides is 1. The van der Waals surface area contributed by atoms with E-state index in [1.807, 2.05) is 36.4 Å². The van der Waals surface area contributed by atoms with Crippen LogP contribution in [-0.4, -0.2) is 11.7 Å². The van der Waals surface area contributed by atoms with Crippen LogP contribution in [-0.2, 0) is 11.2 Å². The lowest BCUT2D eigenvalue weighted by Gasteiger charge is -2.06. The van der Waals surface area contributed by atoms with Crippen molar-refractivity contribution in [2.75, 3.05) is 11.1 Å². The molecule has 0 atom stereocenters. The normalized spacial score (nSPS) is 10.3. The van der Waals surface area contributed by atoms with Gasteiger partial charge in [-0.05, 0) is 41.6 Å². The first kappa shape index (κ1) is 15.1. The number of thioether (sulfide) groups is 1. The zero-order valence-corrected chi connectivity index (χ0v) is 13.6. The van der Waals surface area contributed by atoms with E-state index in [0.29, 0.717) is 6.42 Å². The van der Waals surface area contributed by atoms with Crippen molar-refractivity contribution in [3.63, 3.8) is 0 Å². The molecule has 0 radical (unpaired) electrons. The minimum Gasteiger partial charge on any atom is -0.326 e. The van der Waals surface area contributed by atoms with Gasteiger partial charge in [0.2, 0.25) is 5.91 Å². The number of rotatable bonds is 5. The largest absolute Gasteiger partial charge is 0.326 e. The highest BCUT2D eigenvalue weighted by molar-refractivity contribution is 9.10. The van der Waals surface area contributed by atoms with Gasteiger partial charge in [0.1, 0.15) is 0 Å². The van der Waals surface area contributed by atoms with Crippen molar-refractivity contribution < 1.29 is 4.79 Å². The molecule has 0 heterocycles. The van der Waals surface area contributed by atoms with Gasteiger partial charge in [-0.2, -0.15) is 0 Å². The predicted octanol–water partition coefficient (Wildman–Crippen LogP) is 4.74. The molecule has 0 bridgehead atoms. The van der Waals surface area contributed by atoms with Crippen LogP contribution in [0.15, 0.2) is 57.9 Å². The number of carbonyl (C=O) groups is 1. The van der Waals surface area contributed by atoms with E-state index in [4.69, 9.17) is 0 Å². The highest BCUT2D eigenvalue weighted by Crippen LogP contribution is 2.19. The molecule has 0 fully saturated rings. The molecule has 2 aromatic carbocycles. The van der Waals surface area contributed by atoms with E-state index in [2.05, 4.69) is 40.3 Å². The highest BCUT2D eigenvalue weighted by Gasteiger charge is 2.04. The molecule has 0 saturated heterocycles. The number of nitrogens with one attached hydrogen (secondary N) is 1. The van der Waals surface area contributed by atoms with E-state index in [-0.39, 0.29) is 5.91 Å². The minimum absolute atomic E-state index is 0.000931. The molecule has 1 amide bonds. The summed E-state index contributed by atoms with van der Waals surface area (Å²) in [5, 5.41) is 2.90. The predicted molar refractivity (Wildman–Crippen MR) is 89.3 cm³/mol. The first-order valence-corrected chi connectivity index (χ1v) is 8.22. The van der Waals surface area contributed by atoms with Gasteiger partial charge in [-0.3, -0.25) is 4.79 Å². The maximum absolute atomic E-state index is 12.0. The fourth-order valence-corrected chi connectivity index (χ4v) is 2.89. The molecule has 4 heteroatoms. The van der Waals surface area contributed by atoms with Crippen molar-refractivity contribution in [1.82, 2.24) is 0 Å². The van der Waals surface area contributed by atoms with Crippen LogP contribution in [0.25, 0.3) is 0 Å². The van der Waals surface area contributed by atoms with E-state index in [1.54, 1.807) is 11.8 Å². The highest BCUT2D eigenvalue weighted by atomic mass is 79.9. The van der Waals surface area contributed by atoms with Crippen molar-refractivity contribution in [2.45, 2.75) is 18.2 Å². The number of anilines is 1. The smallest absolute Gasteiger partial charge is 0.228 e. The number of hydrogen-bond donors (Lipinski definition) is 1. The van der Waals surface area contributed by atoms with Crippen LogP contribution in [0, 0.1) is 0 Å². The van der Waals surface area contributed by atoms with Crippen molar-refractivity contribution in [3.8, 4) is 0 Å². The van der Waals surface area contributed by atoms with Gasteiger partial charge in [-0.1, -0.05) is 41.1 Å². The molecule has 2 aromatic rings. The lowest BCUT2D eigenvalue weighted by atomic mass is 10.1. The molecule has 0 aliphatic heterocycles. The molecule has 20 heavy (non-hydrogen) atoms. The molecule has 0 unspecified atom stereocenters. The van der Waals surface area contributed by atoms with Gasteiger partial charge in [0.05, 0.1) is 6.42 Å². The Morgan fingerprint density at radius 1 is 1.20 bits per heavy atom. The molecule has 0 aliphatic carbocycles. The van der Waals surface area contributed by atoms with Crippen molar-refractivity contribution in [3.05, 3.63) is 58.6 Å². The van der Waals surface area contributed by atoms with Crippen molar-refractivity contribution >= 4 is 39.3 Å². The second-order valence-electron chi connectivity index (χ2n) is 4.31. The number of benzene rings is 2. The Kier molecular flexibility index (Phi) is 5.68. The topological polar surface area (TPSA) is 29.1 Å².